The van der Waals surface area contributed by atoms with Crippen LogP contribution in [0.15, 0.2) is 48.5 Å². The average molecular weight is 421 g/mol. The molecular formula is C20H24N2O4S2. The summed E-state index contributed by atoms with van der Waals surface area (Å²) in [5, 5.41) is 2.85. The van der Waals surface area contributed by atoms with Gasteiger partial charge in [0.25, 0.3) is 5.91 Å². The standard InChI is InChI=1S/C20H24N2O4S2/c1-15-6-5-7-16(12-15)14-27-11-10-21-20(23)19-13-22(28(2,24)25)17-8-3-4-9-18(17)26-19/h3-9,12,19H,10-11,13-14H2,1-2H3,(H,21,23). The lowest BCUT2D eigenvalue weighted by atomic mass is 10.2. The number of para-hydroxylation sites is 2. The molecule has 1 unspecified atom stereocenters. The molecule has 1 atom stereocenters. The summed E-state index contributed by atoms with van der Waals surface area (Å²) in [7, 11) is -3.50. The molecule has 0 saturated heterocycles. The smallest absolute Gasteiger partial charge is 0.263 e. The second-order valence-corrected chi connectivity index (χ2v) is 9.71. The number of thioether (sulfide) groups is 1. The molecular weight excluding hydrogens is 396 g/mol. The number of nitrogens with one attached hydrogen (secondary N) is 1. The fraction of sp³-hybridized carbons (Fsp3) is 0.350. The molecule has 3 rings (SSSR count). The van der Waals surface area contributed by atoms with Crippen molar-refractivity contribution in [3.8, 4) is 5.75 Å². The molecule has 1 heterocycles. The molecule has 1 aliphatic heterocycles. The topological polar surface area (TPSA) is 75.7 Å². The van der Waals surface area contributed by atoms with E-state index >= 15 is 0 Å². The van der Waals surface area contributed by atoms with Crippen LogP contribution in [-0.2, 0) is 20.6 Å². The highest BCUT2D eigenvalue weighted by Crippen LogP contribution is 2.34. The molecule has 0 spiro atoms. The van der Waals surface area contributed by atoms with Crippen molar-refractivity contribution in [3.05, 3.63) is 59.7 Å². The highest BCUT2D eigenvalue weighted by molar-refractivity contribution is 7.98. The van der Waals surface area contributed by atoms with Crippen LogP contribution in [0.2, 0.25) is 0 Å². The number of rotatable bonds is 7. The van der Waals surface area contributed by atoms with E-state index in [4.69, 9.17) is 4.74 Å². The highest BCUT2D eigenvalue weighted by atomic mass is 32.2. The van der Waals surface area contributed by atoms with Gasteiger partial charge in [-0.05, 0) is 24.6 Å². The van der Waals surface area contributed by atoms with E-state index in [1.54, 1.807) is 36.0 Å². The molecule has 2 aromatic rings. The normalized spacial score (nSPS) is 16.2. The zero-order valence-corrected chi connectivity index (χ0v) is 17.6. The predicted molar refractivity (Wildman–Crippen MR) is 113 cm³/mol. The van der Waals surface area contributed by atoms with Crippen molar-refractivity contribution in [1.82, 2.24) is 5.32 Å². The lowest BCUT2D eigenvalue weighted by Gasteiger charge is -2.33. The third-order valence-electron chi connectivity index (χ3n) is 4.32. The molecule has 8 heteroatoms. The van der Waals surface area contributed by atoms with Gasteiger partial charge in [0.05, 0.1) is 18.5 Å². The number of amides is 1. The Morgan fingerprint density at radius 3 is 2.79 bits per heavy atom. The molecule has 6 nitrogen and oxygen atoms in total. The van der Waals surface area contributed by atoms with Crippen molar-refractivity contribution in [3.63, 3.8) is 0 Å². The van der Waals surface area contributed by atoms with Gasteiger partial charge in [-0.2, -0.15) is 11.8 Å². The molecule has 0 bridgehead atoms. The van der Waals surface area contributed by atoms with Gasteiger partial charge in [0.2, 0.25) is 10.0 Å². The Morgan fingerprint density at radius 2 is 2.04 bits per heavy atom. The lowest BCUT2D eigenvalue weighted by molar-refractivity contribution is -0.127. The molecule has 0 radical (unpaired) electrons. The Bertz CT molecular complexity index is 947. The third-order valence-corrected chi connectivity index (χ3v) is 6.50. The minimum Gasteiger partial charge on any atom is -0.476 e. The van der Waals surface area contributed by atoms with Crippen LogP contribution in [-0.4, -0.2) is 45.5 Å². The molecule has 150 valence electrons. The Kier molecular flexibility index (Phi) is 6.51. The van der Waals surface area contributed by atoms with Gasteiger partial charge in [-0.3, -0.25) is 9.10 Å². The lowest BCUT2D eigenvalue weighted by Crippen LogP contribution is -2.50. The first kappa shape index (κ1) is 20.5. The summed E-state index contributed by atoms with van der Waals surface area (Å²) in [5.74, 6) is 1.73. The SMILES string of the molecule is Cc1cccc(CSCCNC(=O)C2CN(S(C)(=O)=O)c3ccccc3O2)c1. The van der Waals surface area contributed by atoms with Crippen LogP contribution in [0, 0.1) is 6.92 Å². The largest absolute Gasteiger partial charge is 0.476 e. The van der Waals surface area contributed by atoms with Crippen molar-refractivity contribution in [2.75, 3.05) is 29.4 Å². The first-order chi connectivity index (χ1) is 13.3. The second-order valence-electron chi connectivity index (χ2n) is 6.70. The number of benzene rings is 2. The van der Waals surface area contributed by atoms with Crippen LogP contribution in [0.1, 0.15) is 11.1 Å². The summed E-state index contributed by atoms with van der Waals surface area (Å²) in [4.78, 5) is 12.5. The first-order valence-corrected chi connectivity index (χ1v) is 12.0. The van der Waals surface area contributed by atoms with E-state index in [2.05, 4.69) is 30.4 Å². The minimum absolute atomic E-state index is 0.0296. The maximum Gasteiger partial charge on any atom is 0.263 e. The number of aryl methyl sites for hydroxylation is 1. The Balaban J connectivity index is 1.52. The van der Waals surface area contributed by atoms with Gasteiger partial charge in [-0.15, -0.1) is 0 Å². The number of fused-ring (bicyclic) bond motifs is 1. The van der Waals surface area contributed by atoms with Gasteiger partial charge < -0.3 is 10.1 Å². The van der Waals surface area contributed by atoms with Crippen LogP contribution in [0.4, 0.5) is 5.69 Å². The van der Waals surface area contributed by atoms with Crippen LogP contribution in [0.3, 0.4) is 0 Å². The van der Waals surface area contributed by atoms with Crippen LogP contribution < -0.4 is 14.4 Å². The maximum atomic E-state index is 12.5. The van der Waals surface area contributed by atoms with Gasteiger partial charge in [0.15, 0.2) is 6.10 Å². The van der Waals surface area contributed by atoms with Crippen LogP contribution in [0.5, 0.6) is 5.75 Å². The first-order valence-electron chi connectivity index (χ1n) is 8.99. The molecule has 0 aliphatic carbocycles. The predicted octanol–water partition coefficient (Wildman–Crippen LogP) is 2.57. The van der Waals surface area contributed by atoms with Gasteiger partial charge >= 0.3 is 0 Å². The van der Waals surface area contributed by atoms with Crippen molar-refractivity contribution in [1.29, 1.82) is 0 Å². The number of carbonyl (C=O) groups is 1. The number of sulfonamides is 1. The average Bonchev–Trinajstić information content (AvgIpc) is 2.66. The molecule has 1 aliphatic rings. The number of hydrogen-bond acceptors (Lipinski definition) is 5. The zero-order valence-electron chi connectivity index (χ0n) is 15.9. The molecule has 2 aromatic carbocycles. The quantitative estimate of drug-likeness (QED) is 0.697. The van der Waals surface area contributed by atoms with Gasteiger partial charge in [0.1, 0.15) is 5.75 Å². The zero-order chi connectivity index (χ0) is 20.1. The summed E-state index contributed by atoms with van der Waals surface area (Å²) in [6.07, 6.45) is 0.262. The van der Waals surface area contributed by atoms with Crippen molar-refractivity contribution in [2.24, 2.45) is 0 Å². The summed E-state index contributed by atoms with van der Waals surface area (Å²) < 4.78 is 31.2. The summed E-state index contributed by atoms with van der Waals surface area (Å²) in [6, 6.07) is 15.2. The highest BCUT2D eigenvalue weighted by Gasteiger charge is 2.34. The maximum absolute atomic E-state index is 12.5. The number of anilines is 1. The molecule has 0 aromatic heterocycles. The van der Waals surface area contributed by atoms with Gasteiger partial charge in [-0.25, -0.2) is 8.42 Å². The van der Waals surface area contributed by atoms with E-state index in [-0.39, 0.29) is 12.5 Å². The Morgan fingerprint density at radius 1 is 1.25 bits per heavy atom. The van der Waals surface area contributed by atoms with E-state index in [0.717, 1.165) is 17.8 Å². The summed E-state index contributed by atoms with van der Waals surface area (Å²) in [5.41, 5.74) is 2.95. The number of nitrogens with zero attached hydrogens (tertiary/aromatic N) is 1. The summed E-state index contributed by atoms with van der Waals surface area (Å²) in [6.45, 7) is 2.53. The van der Waals surface area contributed by atoms with E-state index in [1.807, 2.05) is 6.07 Å². The van der Waals surface area contributed by atoms with E-state index in [9.17, 15) is 13.2 Å². The number of ether oxygens (including phenoxy) is 1. The molecule has 0 saturated carbocycles. The fourth-order valence-electron chi connectivity index (χ4n) is 3.01. The number of carbonyl (C=O) groups excluding carboxylic acids is 1. The Labute approximate surface area is 170 Å². The Hall–Kier alpha value is -2.19. The molecule has 0 fully saturated rings. The van der Waals surface area contributed by atoms with Crippen LogP contribution >= 0.6 is 11.8 Å². The number of hydrogen-bond donors (Lipinski definition) is 1. The van der Waals surface area contributed by atoms with E-state index < -0.39 is 16.1 Å². The van der Waals surface area contributed by atoms with E-state index in [1.165, 1.54) is 15.4 Å². The second kappa shape index (κ2) is 8.87. The van der Waals surface area contributed by atoms with Gasteiger partial charge in [0, 0.05) is 18.1 Å². The molecule has 1 amide bonds. The molecule has 28 heavy (non-hydrogen) atoms. The van der Waals surface area contributed by atoms with Crippen molar-refractivity contribution in [2.45, 2.75) is 18.8 Å². The minimum atomic E-state index is -3.50. The monoisotopic (exact) mass is 420 g/mol. The van der Waals surface area contributed by atoms with Crippen LogP contribution in [0.25, 0.3) is 0 Å². The van der Waals surface area contributed by atoms with E-state index in [0.29, 0.717) is 18.0 Å². The van der Waals surface area contributed by atoms with Gasteiger partial charge in [-0.1, -0.05) is 42.0 Å². The molecule has 1 N–H and O–H groups in total. The fourth-order valence-corrected chi connectivity index (χ4v) is 4.73. The third kappa shape index (κ3) is 5.20. The van der Waals surface area contributed by atoms with Crippen molar-refractivity contribution < 1.29 is 17.9 Å². The summed E-state index contributed by atoms with van der Waals surface area (Å²) >= 11 is 1.74. The van der Waals surface area contributed by atoms with Crippen molar-refractivity contribution >= 4 is 33.4 Å².